The molecule has 5 N–H and O–H groups in total. The van der Waals surface area contributed by atoms with Gasteiger partial charge in [-0.3, -0.25) is 14.8 Å². The molecule has 0 aliphatic rings. The number of sulfonamides is 1. The van der Waals surface area contributed by atoms with Crippen molar-refractivity contribution in [1.29, 1.82) is 0 Å². The number of urea groups is 1. The molecule has 1 heterocycles. The van der Waals surface area contributed by atoms with E-state index in [0.717, 1.165) is 0 Å². The number of anilines is 1. The number of hydrogen-bond donors (Lipinski definition) is 5. The molecule has 0 saturated carbocycles. The minimum atomic E-state index is -3.97. The van der Waals surface area contributed by atoms with Crippen molar-refractivity contribution in [3.63, 3.8) is 0 Å². The van der Waals surface area contributed by atoms with Crippen LogP contribution in [0.4, 0.5) is 10.5 Å². The molecule has 2 aromatic carbocycles. The van der Waals surface area contributed by atoms with E-state index >= 15 is 0 Å². The zero-order valence-corrected chi connectivity index (χ0v) is 18.4. The smallest absolute Gasteiger partial charge is 0.338 e. The Balaban J connectivity index is 1.65. The number of imidazole rings is 1. The fourth-order valence-electron chi connectivity index (χ4n) is 2.77. The third-order valence-corrected chi connectivity index (χ3v) is 5.78. The number of aromatic nitrogens is 2. The van der Waals surface area contributed by atoms with E-state index in [0.29, 0.717) is 17.6 Å². The van der Waals surface area contributed by atoms with Gasteiger partial charge in [-0.25, -0.2) is 22.8 Å². The molecule has 12 nitrogen and oxygen atoms in total. The summed E-state index contributed by atoms with van der Waals surface area (Å²) in [7, 11) is -3.97. The number of fused-ring (bicyclic) bond motifs is 1. The van der Waals surface area contributed by atoms with E-state index in [1.54, 1.807) is 6.92 Å². The van der Waals surface area contributed by atoms with Crippen LogP contribution < -0.4 is 21.0 Å². The van der Waals surface area contributed by atoms with Crippen LogP contribution in [0.15, 0.2) is 52.2 Å². The molecule has 0 unspecified atom stereocenters. The van der Waals surface area contributed by atoms with E-state index in [-0.39, 0.29) is 16.1 Å². The second-order valence-corrected chi connectivity index (χ2v) is 8.55. The maximum atomic E-state index is 12.6. The van der Waals surface area contributed by atoms with Gasteiger partial charge >= 0.3 is 17.7 Å². The van der Waals surface area contributed by atoms with Gasteiger partial charge < -0.3 is 20.0 Å². The lowest BCUT2D eigenvalue weighted by Crippen LogP contribution is -2.44. The third kappa shape index (κ3) is 5.77. The highest BCUT2D eigenvalue weighted by Crippen LogP contribution is 2.20. The van der Waals surface area contributed by atoms with Gasteiger partial charge in [-0.1, -0.05) is 0 Å². The van der Waals surface area contributed by atoms with E-state index < -0.39 is 39.7 Å². The first kappa shape index (κ1) is 23.5. The summed E-state index contributed by atoms with van der Waals surface area (Å²) in [5, 5.41) is 4.41. The van der Waals surface area contributed by atoms with Gasteiger partial charge in [-0.2, -0.15) is 0 Å². The Morgan fingerprint density at radius 3 is 2.36 bits per heavy atom. The monoisotopic (exact) mass is 475 g/mol. The number of imide groups is 1. The number of rotatable bonds is 7. The van der Waals surface area contributed by atoms with Gasteiger partial charge in [0.05, 0.1) is 21.5 Å². The van der Waals surface area contributed by atoms with Crippen LogP contribution in [0.3, 0.4) is 0 Å². The maximum absolute atomic E-state index is 12.6. The summed E-state index contributed by atoms with van der Waals surface area (Å²) in [5.41, 5.74) is 0.603. The number of amides is 3. The molecule has 0 radical (unpaired) electrons. The Labute approximate surface area is 187 Å². The molecule has 0 fully saturated rings. The SMILES string of the molecule is CCNC(=O)NC(=O)[C@@H](C)OC(=O)c1ccc(NS(=O)(=O)c2ccc3[nH]c(=O)[nH]c3c2)cc1. The van der Waals surface area contributed by atoms with E-state index in [1.165, 1.54) is 49.4 Å². The highest BCUT2D eigenvalue weighted by atomic mass is 32.2. The first-order chi connectivity index (χ1) is 15.6. The summed E-state index contributed by atoms with van der Waals surface area (Å²) in [6.07, 6.45) is -1.23. The lowest BCUT2D eigenvalue weighted by molar-refractivity contribution is -0.127. The quantitative estimate of drug-likeness (QED) is 0.317. The molecule has 0 saturated heterocycles. The average molecular weight is 475 g/mol. The molecule has 0 aliphatic carbocycles. The molecule has 33 heavy (non-hydrogen) atoms. The molecule has 1 aromatic heterocycles. The number of esters is 1. The zero-order valence-electron chi connectivity index (χ0n) is 17.6. The molecule has 13 heteroatoms. The number of carbonyl (C=O) groups is 3. The number of aromatic amines is 2. The number of benzene rings is 2. The molecule has 0 bridgehead atoms. The molecule has 3 aromatic rings. The normalized spacial score (nSPS) is 12.1. The predicted molar refractivity (Wildman–Crippen MR) is 118 cm³/mol. The molecule has 0 spiro atoms. The van der Waals surface area contributed by atoms with Crippen LogP contribution in [0.1, 0.15) is 24.2 Å². The molecule has 1 atom stereocenters. The van der Waals surface area contributed by atoms with Crippen molar-refractivity contribution >= 4 is 44.7 Å². The second-order valence-electron chi connectivity index (χ2n) is 6.87. The van der Waals surface area contributed by atoms with Crippen molar-refractivity contribution in [2.24, 2.45) is 0 Å². The van der Waals surface area contributed by atoms with Crippen molar-refractivity contribution in [2.45, 2.75) is 24.8 Å². The third-order valence-electron chi connectivity index (χ3n) is 4.40. The number of nitrogens with one attached hydrogen (secondary N) is 5. The highest BCUT2D eigenvalue weighted by molar-refractivity contribution is 7.92. The number of carbonyl (C=O) groups excluding carboxylic acids is 3. The minimum absolute atomic E-state index is 0.0688. The summed E-state index contributed by atoms with van der Waals surface area (Å²) in [6.45, 7) is 3.31. The van der Waals surface area contributed by atoms with Crippen LogP contribution >= 0.6 is 0 Å². The molecular formula is C20H21N5O7S. The highest BCUT2D eigenvalue weighted by Gasteiger charge is 2.21. The summed E-state index contributed by atoms with van der Waals surface area (Å²) >= 11 is 0. The Bertz CT molecular complexity index is 1360. The topological polar surface area (TPSA) is 179 Å². The van der Waals surface area contributed by atoms with Gasteiger partial charge in [-0.05, 0) is 56.3 Å². The van der Waals surface area contributed by atoms with Gasteiger partial charge in [0.25, 0.3) is 15.9 Å². The zero-order chi connectivity index (χ0) is 24.2. The van der Waals surface area contributed by atoms with E-state index in [1.807, 2.05) is 5.32 Å². The fraction of sp³-hybridized carbons (Fsp3) is 0.200. The number of H-pyrrole nitrogens is 2. The Morgan fingerprint density at radius 2 is 1.70 bits per heavy atom. The first-order valence-corrected chi connectivity index (χ1v) is 11.2. The Morgan fingerprint density at radius 1 is 1.03 bits per heavy atom. The van der Waals surface area contributed by atoms with Gasteiger partial charge in [-0.15, -0.1) is 0 Å². The summed E-state index contributed by atoms with van der Waals surface area (Å²) in [6, 6.07) is 8.76. The van der Waals surface area contributed by atoms with Crippen molar-refractivity contribution in [3.8, 4) is 0 Å². The van der Waals surface area contributed by atoms with Crippen LogP contribution in [0, 0.1) is 0 Å². The summed E-state index contributed by atoms with van der Waals surface area (Å²) < 4.78 is 32.7. The minimum Gasteiger partial charge on any atom is -0.449 e. The van der Waals surface area contributed by atoms with Crippen LogP contribution in [-0.2, 0) is 19.6 Å². The molecule has 0 aliphatic heterocycles. The average Bonchev–Trinajstić information content (AvgIpc) is 3.13. The van der Waals surface area contributed by atoms with Crippen LogP contribution in [0.25, 0.3) is 11.0 Å². The number of hydrogen-bond acceptors (Lipinski definition) is 7. The van der Waals surface area contributed by atoms with E-state index in [9.17, 15) is 27.6 Å². The van der Waals surface area contributed by atoms with Crippen LogP contribution in [0.2, 0.25) is 0 Å². The van der Waals surface area contributed by atoms with Gasteiger partial charge in [0.1, 0.15) is 0 Å². The Hall–Kier alpha value is -4.13. The maximum Gasteiger partial charge on any atom is 0.338 e. The van der Waals surface area contributed by atoms with Crippen molar-refractivity contribution < 1.29 is 27.5 Å². The van der Waals surface area contributed by atoms with Gasteiger partial charge in [0, 0.05) is 12.2 Å². The van der Waals surface area contributed by atoms with Crippen LogP contribution in [-0.4, -0.2) is 48.9 Å². The predicted octanol–water partition coefficient (Wildman–Crippen LogP) is 1.05. The van der Waals surface area contributed by atoms with E-state index in [4.69, 9.17) is 4.74 Å². The Kier molecular flexibility index (Phi) is 6.82. The first-order valence-electron chi connectivity index (χ1n) is 9.73. The summed E-state index contributed by atoms with van der Waals surface area (Å²) in [5.74, 6) is -1.62. The fourth-order valence-corrected chi connectivity index (χ4v) is 3.85. The van der Waals surface area contributed by atoms with Crippen molar-refractivity contribution in [1.82, 2.24) is 20.6 Å². The number of ether oxygens (including phenoxy) is 1. The molecular weight excluding hydrogens is 454 g/mol. The molecule has 174 valence electrons. The lowest BCUT2D eigenvalue weighted by atomic mass is 10.2. The van der Waals surface area contributed by atoms with E-state index in [2.05, 4.69) is 20.0 Å². The van der Waals surface area contributed by atoms with Crippen molar-refractivity contribution in [3.05, 3.63) is 58.5 Å². The van der Waals surface area contributed by atoms with Gasteiger partial charge in [0.15, 0.2) is 6.10 Å². The largest absolute Gasteiger partial charge is 0.449 e. The standard InChI is InChI=1S/C20H21N5O7S/c1-3-21-19(28)24-17(26)11(2)32-18(27)12-4-6-13(7-5-12)25-33(30,31)14-8-9-15-16(10-14)23-20(29)22-15/h4-11,25H,3H2,1-2H3,(H2,22,23,29)(H2,21,24,26,28)/t11-/m1/s1. The lowest BCUT2D eigenvalue weighted by Gasteiger charge is -2.13. The molecule has 3 rings (SSSR count). The van der Waals surface area contributed by atoms with Crippen molar-refractivity contribution in [2.75, 3.05) is 11.3 Å². The summed E-state index contributed by atoms with van der Waals surface area (Å²) in [4.78, 5) is 51.8. The van der Waals surface area contributed by atoms with Crippen LogP contribution in [0.5, 0.6) is 0 Å². The second kappa shape index (κ2) is 9.56. The van der Waals surface area contributed by atoms with Gasteiger partial charge in [0.2, 0.25) is 0 Å². The molecule has 3 amide bonds.